The first-order chi connectivity index (χ1) is 19.8. The van der Waals surface area contributed by atoms with Gasteiger partial charge in [-0.05, 0) is 74.9 Å². The molecular formula is C37H43N3O. The van der Waals surface area contributed by atoms with Crippen LogP contribution in [-0.2, 0) is 25.2 Å². The Morgan fingerprint density at radius 3 is 1.07 bits per heavy atom. The Morgan fingerprint density at radius 1 is 0.512 bits per heavy atom. The molecule has 4 nitrogen and oxygen atoms in total. The van der Waals surface area contributed by atoms with Crippen molar-refractivity contribution in [2.24, 2.45) is 0 Å². The van der Waals surface area contributed by atoms with Crippen LogP contribution in [-0.4, -0.2) is 18.8 Å². The summed E-state index contributed by atoms with van der Waals surface area (Å²) >= 11 is 0. The minimum Gasteiger partial charge on any atom is -0.376 e. The van der Waals surface area contributed by atoms with Crippen molar-refractivity contribution in [3.8, 4) is 0 Å². The normalized spacial score (nSPS) is 12.4. The van der Waals surface area contributed by atoms with Gasteiger partial charge in [0, 0.05) is 87.6 Å². The van der Waals surface area contributed by atoms with Crippen LogP contribution >= 0.6 is 0 Å². The lowest BCUT2D eigenvalue weighted by molar-refractivity contribution is 0.130. The molecule has 6 rings (SSSR count). The van der Waals surface area contributed by atoms with Crippen LogP contribution in [0.5, 0.6) is 0 Å². The molecule has 3 aromatic heterocycles. The van der Waals surface area contributed by atoms with E-state index in [-0.39, 0.29) is 0 Å². The number of aryl methyl sites for hydroxylation is 6. The summed E-state index contributed by atoms with van der Waals surface area (Å²) in [6.07, 6.45) is 9.76. The lowest BCUT2D eigenvalue weighted by Crippen LogP contribution is -2.28. The van der Waals surface area contributed by atoms with Crippen molar-refractivity contribution in [3.05, 3.63) is 107 Å². The molecular weight excluding hydrogens is 502 g/mol. The molecule has 0 aliphatic rings. The van der Waals surface area contributed by atoms with E-state index in [1.165, 1.54) is 33.2 Å². The first-order valence-electron chi connectivity index (χ1n) is 15.3. The Kier molecular flexibility index (Phi) is 7.07. The lowest BCUT2D eigenvalue weighted by atomic mass is 9.79. The third kappa shape index (κ3) is 4.40. The van der Waals surface area contributed by atoms with Crippen molar-refractivity contribution in [2.75, 3.05) is 0 Å². The van der Waals surface area contributed by atoms with E-state index in [9.17, 15) is 5.11 Å². The molecule has 41 heavy (non-hydrogen) atoms. The summed E-state index contributed by atoms with van der Waals surface area (Å²) in [6.45, 7) is 15.8. The minimum atomic E-state index is -1.36. The third-order valence-electron chi connectivity index (χ3n) is 8.68. The lowest BCUT2D eigenvalue weighted by Gasteiger charge is -2.28. The Morgan fingerprint density at radius 2 is 0.805 bits per heavy atom. The van der Waals surface area contributed by atoms with Crippen LogP contribution < -0.4 is 0 Å². The molecule has 0 aliphatic heterocycles. The topological polar surface area (TPSA) is 35.0 Å². The highest BCUT2D eigenvalue weighted by Crippen LogP contribution is 2.47. The highest BCUT2D eigenvalue weighted by molar-refractivity contribution is 5.95. The van der Waals surface area contributed by atoms with Crippen molar-refractivity contribution in [1.29, 1.82) is 0 Å². The Labute approximate surface area is 243 Å². The molecule has 0 radical (unpaired) electrons. The van der Waals surface area contributed by atoms with Crippen molar-refractivity contribution in [2.45, 2.75) is 86.0 Å². The van der Waals surface area contributed by atoms with Gasteiger partial charge in [0.2, 0.25) is 0 Å². The van der Waals surface area contributed by atoms with Crippen LogP contribution in [0.15, 0.2) is 73.2 Å². The molecule has 6 aromatic rings. The van der Waals surface area contributed by atoms with Gasteiger partial charge in [-0.1, -0.05) is 57.2 Å². The molecule has 0 aliphatic carbocycles. The zero-order valence-electron chi connectivity index (χ0n) is 25.5. The maximum absolute atomic E-state index is 13.6. The number of aromatic nitrogens is 3. The molecule has 4 heteroatoms. The van der Waals surface area contributed by atoms with Gasteiger partial charge >= 0.3 is 0 Å². The molecule has 0 bridgehead atoms. The summed E-state index contributed by atoms with van der Waals surface area (Å²) in [5.41, 5.74) is 8.74. The van der Waals surface area contributed by atoms with Crippen LogP contribution in [0.4, 0.5) is 0 Å². The smallest absolute Gasteiger partial charge is 0.146 e. The molecule has 3 heterocycles. The molecule has 0 amide bonds. The van der Waals surface area contributed by atoms with Gasteiger partial charge < -0.3 is 18.8 Å². The van der Waals surface area contributed by atoms with E-state index in [0.717, 1.165) is 71.7 Å². The SMILES string of the molecule is CCCn1cc(C(O)(c2cn(CCC)c3cc(C)ccc23)c2cn(CCC)c3cc(C)ccc23)c2ccc(C)cc21. The summed E-state index contributed by atoms with van der Waals surface area (Å²) in [7, 11) is 0. The monoisotopic (exact) mass is 545 g/mol. The minimum absolute atomic E-state index is 0.906. The Hall–Kier alpha value is -3.76. The van der Waals surface area contributed by atoms with E-state index in [4.69, 9.17) is 0 Å². The van der Waals surface area contributed by atoms with Gasteiger partial charge in [0.05, 0.1) is 0 Å². The number of nitrogens with zero attached hydrogens (tertiary/aromatic N) is 3. The predicted molar refractivity (Wildman–Crippen MR) is 173 cm³/mol. The van der Waals surface area contributed by atoms with Gasteiger partial charge in [0.15, 0.2) is 0 Å². The number of benzene rings is 3. The van der Waals surface area contributed by atoms with E-state index in [0.29, 0.717) is 0 Å². The molecule has 0 saturated carbocycles. The summed E-state index contributed by atoms with van der Waals surface area (Å²) in [4.78, 5) is 0. The first-order valence-corrected chi connectivity index (χ1v) is 15.3. The van der Waals surface area contributed by atoms with Gasteiger partial charge in [-0.3, -0.25) is 0 Å². The standard InChI is InChI=1S/C37H43N3O/c1-7-16-38-22-31(28-13-10-25(4)19-34(28)38)37(41,32-23-39(17-8-2)35-20-26(5)11-14-29(32)35)33-24-40(18-9-3)36-21-27(6)12-15-30(33)36/h10-15,19-24,41H,7-9,16-18H2,1-6H3. The molecule has 0 spiro atoms. The van der Waals surface area contributed by atoms with Crippen molar-refractivity contribution in [3.63, 3.8) is 0 Å². The van der Waals surface area contributed by atoms with Crippen LogP contribution in [0.2, 0.25) is 0 Å². The van der Waals surface area contributed by atoms with Crippen LogP contribution in [0, 0.1) is 20.8 Å². The molecule has 0 saturated heterocycles. The first kappa shape index (κ1) is 27.4. The average molecular weight is 546 g/mol. The largest absolute Gasteiger partial charge is 0.376 e. The van der Waals surface area contributed by atoms with Gasteiger partial charge in [-0.2, -0.15) is 0 Å². The summed E-state index contributed by atoms with van der Waals surface area (Å²) in [5, 5.41) is 17.0. The third-order valence-corrected chi connectivity index (χ3v) is 8.68. The summed E-state index contributed by atoms with van der Waals surface area (Å²) < 4.78 is 7.02. The highest BCUT2D eigenvalue weighted by atomic mass is 16.3. The van der Waals surface area contributed by atoms with Crippen molar-refractivity contribution < 1.29 is 5.11 Å². The quantitative estimate of drug-likeness (QED) is 0.193. The van der Waals surface area contributed by atoms with E-state index < -0.39 is 5.60 Å². The summed E-state index contributed by atoms with van der Waals surface area (Å²) in [5.74, 6) is 0. The highest BCUT2D eigenvalue weighted by Gasteiger charge is 2.41. The molecule has 1 N–H and O–H groups in total. The molecule has 0 atom stereocenters. The Bertz CT molecular complexity index is 1660. The number of aliphatic hydroxyl groups is 1. The number of hydrogen-bond acceptors (Lipinski definition) is 1. The number of fused-ring (bicyclic) bond motifs is 3. The number of rotatable bonds is 9. The molecule has 212 valence electrons. The fourth-order valence-electron chi connectivity index (χ4n) is 6.78. The van der Waals surface area contributed by atoms with Crippen LogP contribution in [0.1, 0.15) is 73.4 Å². The van der Waals surface area contributed by atoms with Crippen molar-refractivity contribution >= 4 is 32.7 Å². The van der Waals surface area contributed by atoms with E-state index in [2.05, 4.69) is 128 Å². The van der Waals surface area contributed by atoms with Gasteiger partial charge in [-0.15, -0.1) is 0 Å². The molecule has 3 aromatic carbocycles. The predicted octanol–water partition coefficient (Wildman–Crippen LogP) is 8.99. The second kappa shape index (κ2) is 10.6. The van der Waals surface area contributed by atoms with Crippen LogP contribution in [0.25, 0.3) is 32.7 Å². The van der Waals surface area contributed by atoms with Gasteiger partial charge in [-0.25, -0.2) is 0 Å². The fraction of sp³-hybridized carbons (Fsp3) is 0.351. The zero-order chi connectivity index (χ0) is 28.9. The second-order valence-electron chi connectivity index (χ2n) is 12.0. The van der Waals surface area contributed by atoms with Crippen LogP contribution in [0.3, 0.4) is 0 Å². The maximum Gasteiger partial charge on any atom is 0.146 e. The van der Waals surface area contributed by atoms with E-state index in [1.807, 2.05) is 0 Å². The fourth-order valence-corrected chi connectivity index (χ4v) is 6.78. The second-order valence-corrected chi connectivity index (χ2v) is 12.0. The van der Waals surface area contributed by atoms with Gasteiger partial charge in [0.25, 0.3) is 0 Å². The maximum atomic E-state index is 13.6. The average Bonchev–Trinajstić information content (AvgIpc) is 3.61. The molecule has 0 unspecified atom stereocenters. The zero-order valence-corrected chi connectivity index (χ0v) is 25.5. The van der Waals surface area contributed by atoms with Gasteiger partial charge in [0.1, 0.15) is 5.60 Å². The van der Waals surface area contributed by atoms with Crippen molar-refractivity contribution in [1.82, 2.24) is 13.7 Å². The Balaban J connectivity index is 1.77. The van der Waals surface area contributed by atoms with E-state index in [1.54, 1.807) is 0 Å². The summed E-state index contributed by atoms with van der Waals surface area (Å²) in [6, 6.07) is 20.0. The number of hydrogen-bond donors (Lipinski definition) is 1. The van der Waals surface area contributed by atoms with E-state index >= 15 is 0 Å². The molecule has 0 fully saturated rings.